The van der Waals surface area contributed by atoms with Gasteiger partial charge < -0.3 is 15.7 Å². The first-order valence-corrected chi connectivity index (χ1v) is 5.68. The van der Waals surface area contributed by atoms with E-state index in [2.05, 4.69) is 17.6 Å². The summed E-state index contributed by atoms with van der Waals surface area (Å²) >= 11 is 0. The lowest BCUT2D eigenvalue weighted by molar-refractivity contribution is -0.123. The van der Waals surface area contributed by atoms with Gasteiger partial charge in [-0.2, -0.15) is 0 Å². The van der Waals surface area contributed by atoms with Gasteiger partial charge in [0.1, 0.15) is 0 Å². The zero-order chi connectivity index (χ0) is 11.3. The second-order valence-electron chi connectivity index (χ2n) is 4.72. The topological polar surface area (TPSA) is 61.4 Å². The molecule has 4 nitrogen and oxygen atoms in total. The van der Waals surface area contributed by atoms with E-state index in [0.29, 0.717) is 12.5 Å². The third-order valence-electron chi connectivity index (χ3n) is 3.14. The van der Waals surface area contributed by atoms with Crippen LogP contribution in [0.5, 0.6) is 0 Å². The molecule has 0 radical (unpaired) electrons. The first-order chi connectivity index (χ1) is 7.12. The van der Waals surface area contributed by atoms with Gasteiger partial charge in [0.05, 0.1) is 18.7 Å². The third-order valence-corrected chi connectivity index (χ3v) is 3.14. The number of aliphatic hydroxyl groups excluding tert-OH is 1. The van der Waals surface area contributed by atoms with E-state index in [1.807, 2.05) is 0 Å². The Morgan fingerprint density at radius 2 is 2.33 bits per heavy atom. The minimum atomic E-state index is -0.369. The van der Waals surface area contributed by atoms with Gasteiger partial charge in [-0.15, -0.1) is 0 Å². The summed E-state index contributed by atoms with van der Waals surface area (Å²) in [6, 6.07) is 0. The van der Waals surface area contributed by atoms with Crippen molar-refractivity contribution in [2.75, 3.05) is 20.2 Å². The Morgan fingerprint density at radius 1 is 1.60 bits per heavy atom. The van der Waals surface area contributed by atoms with Crippen LogP contribution in [0.2, 0.25) is 0 Å². The number of nitrogens with one attached hydrogen (secondary N) is 2. The summed E-state index contributed by atoms with van der Waals surface area (Å²) in [5, 5.41) is 15.2. The first kappa shape index (κ1) is 12.5. The average molecular weight is 214 g/mol. The molecule has 88 valence electrons. The molecule has 0 spiro atoms. The molecule has 0 heterocycles. The van der Waals surface area contributed by atoms with E-state index in [-0.39, 0.29) is 18.1 Å². The number of hydrogen-bond donors (Lipinski definition) is 3. The van der Waals surface area contributed by atoms with E-state index in [0.717, 1.165) is 19.3 Å². The molecule has 1 amide bonds. The molecule has 2 atom stereocenters. The molecule has 1 aliphatic rings. The van der Waals surface area contributed by atoms with Gasteiger partial charge in [0.2, 0.25) is 5.91 Å². The Hall–Kier alpha value is -0.610. The van der Waals surface area contributed by atoms with Crippen LogP contribution in [0.15, 0.2) is 0 Å². The molecule has 0 saturated heterocycles. The van der Waals surface area contributed by atoms with Crippen LogP contribution < -0.4 is 10.6 Å². The van der Waals surface area contributed by atoms with E-state index >= 15 is 0 Å². The van der Waals surface area contributed by atoms with Gasteiger partial charge in [0.25, 0.3) is 0 Å². The number of hydrogen-bond acceptors (Lipinski definition) is 3. The average Bonchev–Trinajstić information content (AvgIpc) is 2.18. The number of aliphatic hydroxyl groups is 1. The Morgan fingerprint density at radius 3 is 2.87 bits per heavy atom. The maximum Gasteiger partial charge on any atom is 0.234 e. The van der Waals surface area contributed by atoms with Gasteiger partial charge in [0.15, 0.2) is 0 Å². The zero-order valence-electron chi connectivity index (χ0n) is 9.68. The summed E-state index contributed by atoms with van der Waals surface area (Å²) < 4.78 is 0. The van der Waals surface area contributed by atoms with E-state index in [1.165, 1.54) is 6.42 Å². The summed E-state index contributed by atoms with van der Waals surface area (Å²) in [7, 11) is 1.74. The van der Waals surface area contributed by atoms with Gasteiger partial charge in [-0.3, -0.25) is 4.79 Å². The van der Waals surface area contributed by atoms with Crippen molar-refractivity contribution in [2.24, 2.45) is 5.92 Å². The molecule has 0 bridgehead atoms. The Balaban J connectivity index is 2.55. The Kier molecular flexibility index (Phi) is 4.54. The van der Waals surface area contributed by atoms with Crippen LogP contribution in [-0.2, 0) is 4.79 Å². The van der Waals surface area contributed by atoms with E-state index in [1.54, 1.807) is 7.05 Å². The van der Waals surface area contributed by atoms with Crippen molar-refractivity contribution >= 4 is 5.91 Å². The lowest BCUT2D eigenvalue weighted by Gasteiger charge is -2.39. The Labute approximate surface area is 91.4 Å². The van der Waals surface area contributed by atoms with Gasteiger partial charge in [-0.05, 0) is 25.8 Å². The number of amides is 1. The molecule has 4 heteroatoms. The fourth-order valence-electron chi connectivity index (χ4n) is 2.46. The molecule has 0 aromatic rings. The lowest BCUT2D eigenvalue weighted by atomic mass is 9.77. The molecule has 2 unspecified atom stereocenters. The summed E-state index contributed by atoms with van der Waals surface area (Å²) in [6.07, 6.45) is 4.06. The predicted octanol–water partition coefficient (Wildman–Crippen LogP) is 0.263. The summed E-state index contributed by atoms with van der Waals surface area (Å²) in [6.45, 7) is 2.54. The number of rotatable bonds is 4. The number of likely N-dealkylation sites (N-methyl/N-ethyl adjacent to an activating group) is 1. The fourth-order valence-corrected chi connectivity index (χ4v) is 2.46. The highest BCUT2D eigenvalue weighted by Crippen LogP contribution is 2.31. The van der Waals surface area contributed by atoms with E-state index in [9.17, 15) is 9.90 Å². The SMILES string of the molecule is CNCC(=O)NC1(CO)CCCC(C)C1. The predicted molar refractivity (Wildman–Crippen MR) is 59.5 cm³/mol. The maximum absolute atomic E-state index is 11.5. The minimum absolute atomic E-state index is 0.0272. The lowest BCUT2D eigenvalue weighted by Crippen LogP contribution is -2.55. The van der Waals surface area contributed by atoms with Gasteiger partial charge in [0, 0.05) is 0 Å². The van der Waals surface area contributed by atoms with E-state index in [4.69, 9.17) is 0 Å². The highest BCUT2D eigenvalue weighted by Gasteiger charge is 2.35. The van der Waals surface area contributed by atoms with Gasteiger partial charge >= 0.3 is 0 Å². The van der Waals surface area contributed by atoms with Gasteiger partial charge in [-0.1, -0.05) is 19.8 Å². The van der Waals surface area contributed by atoms with Crippen molar-refractivity contribution in [1.82, 2.24) is 10.6 Å². The minimum Gasteiger partial charge on any atom is -0.394 e. The van der Waals surface area contributed by atoms with E-state index < -0.39 is 0 Å². The highest BCUT2D eigenvalue weighted by atomic mass is 16.3. The second-order valence-corrected chi connectivity index (χ2v) is 4.72. The van der Waals surface area contributed by atoms with Crippen molar-refractivity contribution in [1.29, 1.82) is 0 Å². The quantitative estimate of drug-likeness (QED) is 0.629. The van der Waals surface area contributed by atoms with Crippen LogP contribution in [0.1, 0.15) is 32.6 Å². The zero-order valence-corrected chi connectivity index (χ0v) is 9.68. The third kappa shape index (κ3) is 3.47. The van der Waals surface area contributed by atoms with Crippen LogP contribution >= 0.6 is 0 Å². The van der Waals surface area contributed by atoms with Crippen molar-refractivity contribution in [3.63, 3.8) is 0 Å². The second kappa shape index (κ2) is 5.47. The molecular formula is C11H22N2O2. The van der Waals surface area contributed by atoms with Crippen LogP contribution in [0.4, 0.5) is 0 Å². The van der Waals surface area contributed by atoms with Crippen molar-refractivity contribution < 1.29 is 9.90 Å². The summed E-state index contributed by atoms with van der Waals surface area (Å²) in [4.78, 5) is 11.5. The highest BCUT2D eigenvalue weighted by molar-refractivity contribution is 5.78. The van der Waals surface area contributed by atoms with Crippen LogP contribution in [0.3, 0.4) is 0 Å². The first-order valence-electron chi connectivity index (χ1n) is 5.68. The molecule has 1 rings (SSSR count). The molecule has 1 aliphatic carbocycles. The normalized spacial score (nSPS) is 31.3. The number of carbonyl (C=O) groups excluding carboxylic acids is 1. The molecule has 1 saturated carbocycles. The number of carbonyl (C=O) groups is 1. The molecule has 3 N–H and O–H groups in total. The fraction of sp³-hybridized carbons (Fsp3) is 0.909. The van der Waals surface area contributed by atoms with Crippen LogP contribution in [0.25, 0.3) is 0 Å². The van der Waals surface area contributed by atoms with Crippen molar-refractivity contribution in [3.8, 4) is 0 Å². The van der Waals surface area contributed by atoms with Crippen molar-refractivity contribution in [3.05, 3.63) is 0 Å². The smallest absolute Gasteiger partial charge is 0.234 e. The molecule has 1 fully saturated rings. The molecule has 15 heavy (non-hydrogen) atoms. The standard InChI is InChI=1S/C11H22N2O2/c1-9-4-3-5-11(6-9,8-14)13-10(15)7-12-2/h9,12,14H,3-8H2,1-2H3,(H,13,15). The molecule has 0 aliphatic heterocycles. The van der Waals surface area contributed by atoms with Gasteiger partial charge in [-0.25, -0.2) is 0 Å². The molecule has 0 aromatic heterocycles. The monoisotopic (exact) mass is 214 g/mol. The van der Waals surface area contributed by atoms with Crippen molar-refractivity contribution in [2.45, 2.75) is 38.1 Å². The Bertz CT molecular complexity index is 221. The summed E-state index contributed by atoms with van der Waals surface area (Å²) in [5.74, 6) is 0.557. The largest absolute Gasteiger partial charge is 0.394 e. The molecule has 0 aromatic carbocycles. The summed E-state index contributed by atoms with van der Waals surface area (Å²) in [5.41, 5.74) is -0.369. The maximum atomic E-state index is 11.5. The molecular weight excluding hydrogens is 192 g/mol. The van der Waals surface area contributed by atoms with Crippen LogP contribution in [-0.4, -0.2) is 36.8 Å². The van der Waals surface area contributed by atoms with Crippen LogP contribution in [0, 0.1) is 5.92 Å².